The van der Waals surface area contributed by atoms with Crippen LogP contribution in [0.1, 0.15) is 17.9 Å². The zero-order valence-corrected chi connectivity index (χ0v) is 10.4. The van der Waals surface area contributed by atoms with E-state index in [1.807, 2.05) is 13.8 Å². The van der Waals surface area contributed by atoms with Crippen molar-refractivity contribution in [2.24, 2.45) is 0 Å². The first kappa shape index (κ1) is 11.3. The Morgan fingerprint density at radius 3 is 2.62 bits per heavy atom. The van der Waals surface area contributed by atoms with Crippen molar-refractivity contribution in [3.8, 4) is 0 Å². The molecule has 0 atom stereocenters. The molecule has 0 aliphatic carbocycles. The molecule has 0 radical (unpaired) electrons. The third kappa shape index (κ3) is 2.70. The normalized spacial score (nSPS) is 18.6. The molecule has 0 aromatic carbocycles. The van der Waals surface area contributed by atoms with Gasteiger partial charge < -0.3 is 9.80 Å². The number of hydrogen-bond acceptors (Lipinski definition) is 4. The average Bonchev–Trinajstić information content (AvgIpc) is 2.41. The fourth-order valence-electron chi connectivity index (χ4n) is 2.13. The standard InChI is InChI=1S/C12H20N4/c1-10-9-12(14-11(2)13-10)16-6-4-5-15(3)7-8-16/h9H,4-8H2,1-3H3. The van der Waals surface area contributed by atoms with Crippen molar-refractivity contribution in [3.63, 3.8) is 0 Å². The van der Waals surface area contributed by atoms with Crippen LogP contribution in [0.25, 0.3) is 0 Å². The van der Waals surface area contributed by atoms with E-state index in [1.54, 1.807) is 0 Å². The Kier molecular flexibility index (Phi) is 3.39. The Labute approximate surface area is 97.3 Å². The van der Waals surface area contributed by atoms with Crippen LogP contribution in [0.3, 0.4) is 0 Å². The number of nitrogens with zero attached hydrogens (tertiary/aromatic N) is 4. The van der Waals surface area contributed by atoms with E-state index in [0.29, 0.717) is 0 Å². The van der Waals surface area contributed by atoms with E-state index in [1.165, 1.54) is 13.0 Å². The van der Waals surface area contributed by atoms with Gasteiger partial charge in [0.2, 0.25) is 0 Å². The number of likely N-dealkylation sites (N-methyl/N-ethyl adjacent to an activating group) is 1. The molecule has 2 rings (SSSR count). The summed E-state index contributed by atoms with van der Waals surface area (Å²) in [6.45, 7) is 8.44. The Hall–Kier alpha value is -1.16. The first-order valence-corrected chi connectivity index (χ1v) is 5.91. The largest absolute Gasteiger partial charge is 0.355 e. The fourth-order valence-corrected chi connectivity index (χ4v) is 2.13. The highest BCUT2D eigenvalue weighted by Gasteiger charge is 2.14. The molecule has 0 amide bonds. The molecule has 4 nitrogen and oxygen atoms in total. The summed E-state index contributed by atoms with van der Waals surface area (Å²) in [5, 5.41) is 0. The molecule has 2 heterocycles. The van der Waals surface area contributed by atoms with Gasteiger partial charge in [0.1, 0.15) is 11.6 Å². The average molecular weight is 220 g/mol. The quantitative estimate of drug-likeness (QED) is 0.712. The van der Waals surface area contributed by atoms with Crippen molar-refractivity contribution >= 4 is 5.82 Å². The first-order chi connectivity index (χ1) is 7.65. The van der Waals surface area contributed by atoms with Gasteiger partial charge in [-0.15, -0.1) is 0 Å². The van der Waals surface area contributed by atoms with Crippen LogP contribution in [0.4, 0.5) is 5.82 Å². The van der Waals surface area contributed by atoms with Crippen molar-refractivity contribution in [1.29, 1.82) is 0 Å². The minimum atomic E-state index is 0.868. The molecule has 0 saturated carbocycles. The first-order valence-electron chi connectivity index (χ1n) is 5.91. The van der Waals surface area contributed by atoms with Crippen molar-refractivity contribution in [2.75, 3.05) is 38.1 Å². The molecule has 1 fully saturated rings. The van der Waals surface area contributed by atoms with Gasteiger partial charge in [-0.25, -0.2) is 9.97 Å². The summed E-state index contributed by atoms with van der Waals surface area (Å²) in [6, 6.07) is 2.08. The van der Waals surface area contributed by atoms with Crippen LogP contribution in [0.15, 0.2) is 6.07 Å². The summed E-state index contributed by atoms with van der Waals surface area (Å²) < 4.78 is 0. The van der Waals surface area contributed by atoms with Crippen LogP contribution >= 0.6 is 0 Å². The highest BCUT2D eigenvalue weighted by Crippen LogP contribution is 2.14. The number of anilines is 1. The number of aromatic nitrogens is 2. The van der Waals surface area contributed by atoms with E-state index >= 15 is 0 Å². The highest BCUT2D eigenvalue weighted by atomic mass is 15.2. The van der Waals surface area contributed by atoms with Crippen LogP contribution in [0.2, 0.25) is 0 Å². The predicted molar refractivity (Wildman–Crippen MR) is 65.8 cm³/mol. The van der Waals surface area contributed by atoms with Gasteiger partial charge in [-0.2, -0.15) is 0 Å². The second-order valence-electron chi connectivity index (χ2n) is 4.56. The van der Waals surface area contributed by atoms with Crippen molar-refractivity contribution in [2.45, 2.75) is 20.3 Å². The third-order valence-electron chi connectivity index (χ3n) is 3.00. The van der Waals surface area contributed by atoms with E-state index in [4.69, 9.17) is 0 Å². The van der Waals surface area contributed by atoms with Crippen LogP contribution in [0, 0.1) is 13.8 Å². The molecular weight excluding hydrogens is 200 g/mol. The lowest BCUT2D eigenvalue weighted by atomic mass is 10.3. The maximum atomic E-state index is 4.52. The van der Waals surface area contributed by atoms with Gasteiger partial charge in [0.05, 0.1) is 0 Å². The molecule has 0 spiro atoms. The number of rotatable bonds is 1. The van der Waals surface area contributed by atoms with Gasteiger partial charge in [-0.1, -0.05) is 0 Å². The molecule has 0 N–H and O–H groups in total. The summed E-state index contributed by atoms with van der Waals surface area (Å²) in [6.07, 6.45) is 1.21. The van der Waals surface area contributed by atoms with E-state index in [2.05, 4.69) is 32.9 Å². The SMILES string of the molecule is Cc1cc(N2CCCN(C)CC2)nc(C)n1. The molecule has 1 aliphatic rings. The molecular formula is C12H20N4. The number of aryl methyl sites for hydroxylation is 2. The molecule has 0 bridgehead atoms. The zero-order valence-electron chi connectivity index (χ0n) is 10.4. The van der Waals surface area contributed by atoms with E-state index in [-0.39, 0.29) is 0 Å². The topological polar surface area (TPSA) is 32.3 Å². The predicted octanol–water partition coefficient (Wildman–Crippen LogP) is 1.24. The summed E-state index contributed by atoms with van der Waals surface area (Å²) in [7, 11) is 2.18. The smallest absolute Gasteiger partial charge is 0.132 e. The van der Waals surface area contributed by atoms with Gasteiger partial charge in [-0.05, 0) is 33.9 Å². The van der Waals surface area contributed by atoms with Crippen LogP contribution < -0.4 is 4.90 Å². The van der Waals surface area contributed by atoms with E-state index in [0.717, 1.165) is 37.0 Å². The van der Waals surface area contributed by atoms with Gasteiger partial charge in [-0.3, -0.25) is 0 Å². The van der Waals surface area contributed by atoms with Gasteiger partial charge in [0.15, 0.2) is 0 Å². The van der Waals surface area contributed by atoms with Crippen molar-refractivity contribution in [3.05, 3.63) is 17.6 Å². The van der Waals surface area contributed by atoms with Crippen LogP contribution in [-0.2, 0) is 0 Å². The Bertz CT molecular complexity index is 344. The third-order valence-corrected chi connectivity index (χ3v) is 3.00. The molecule has 1 aliphatic heterocycles. The lowest BCUT2D eigenvalue weighted by Gasteiger charge is -2.22. The summed E-state index contributed by atoms with van der Waals surface area (Å²) in [4.78, 5) is 13.6. The summed E-state index contributed by atoms with van der Waals surface area (Å²) in [5.41, 5.74) is 1.06. The highest BCUT2D eigenvalue weighted by molar-refractivity contribution is 5.39. The minimum Gasteiger partial charge on any atom is -0.355 e. The maximum Gasteiger partial charge on any atom is 0.132 e. The van der Waals surface area contributed by atoms with Gasteiger partial charge in [0, 0.05) is 31.4 Å². The molecule has 16 heavy (non-hydrogen) atoms. The van der Waals surface area contributed by atoms with Crippen LogP contribution in [-0.4, -0.2) is 48.1 Å². The molecule has 0 unspecified atom stereocenters. The molecule has 4 heteroatoms. The maximum absolute atomic E-state index is 4.52. The van der Waals surface area contributed by atoms with Crippen molar-refractivity contribution in [1.82, 2.24) is 14.9 Å². The summed E-state index contributed by atoms with van der Waals surface area (Å²) in [5.74, 6) is 1.95. The lowest BCUT2D eigenvalue weighted by Crippen LogP contribution is -2.29. The second kappa shape index (κ2) is 4.78. The molecule has 1 aromatic rings. The monoisotopic (exact) mass is 220 g/mol. The zero-order chi connectivity index (χ0) is 11.5. The minimum absolute atomic E-state index is 0.868. The Morgan fingerprint density at radius 1 is 1.06 bits per heavy atom. The Morgan fingerprint density at radius 2 is 1.88 bits per heavy atom. The van der Waals surface area contributed by atoms with E-state index in [9.17, 15) is 0 Å². The molecule has 1 saturated heterocycles. The van der Waals surface area contributed by atoms with E-state index < -0.39 is 0 Å². The number of hydrogen-bond donors (Lipinski definition) is 0. The van der Waals surface area contributed by atoms with Crippen molar-refractivity contribution < 1.29 is 0 Å². The molecule has 1 aromatic heterocycles. The summed E-state index contributed by atoms with van der Waals surface area (Å²) >= 11 is 0. The lowest BCUT2D eigenvalue weighted by molar-refractivity contribution is 0.360. The van der Waals surface area contributed by atoms with Gasteiger partial charge in [0.25, 0.3) is 0 Å². The second-order valence-corrected chi connectivity index (χ2v) is 4.56. The van der Waals surface area contributed by atoms with Crippen LogP contribution in [0.5, 0.6) is 0 Å². The Balaban J connectivity index is 2.16. The van der Waals surface area contributed by atoms with Gasteiger partial charge >= 0.3 is 0 Å². The fraction of sp³-hybridized carbons (Fsp3) is 0.667. The molecule has 88 valence electrons.